The summed E-state index contributed by atoms with van der Waals surface area (Å²) in [6, 6.07) is 16.6. The fraction of sp³-hybridized carbons (Fsp3) is 0.600. The maximum absolute atomic E-state index is 12.3. The summed E-state index contributed by atoms with van der Waals surface area (Å²) < 4.78 is 8.19. The van der Waals surface area contributed by atoms with E-state index in [4.69, 9.17) is 10.5 Å². The van der Waals surface area contributed by atoms with Crippen molar-refractivity contribution >= 4 is 120 Å². The van der Waals surface area contributed by atoms with Crippen molar-refractivity contribution in [2.75, 3.05) is 7.05 Å². The van der Waals surface area contributed by atoms with Gasteiger partial charge in [-0.3, -0.25) is 0 Å². The van der Waals surface area contributed by atoms with Gasteiger partial charge in [-0.2, -0.15) is 20.8 Å². The van der Waals surface area contributed by atoms with Crippen molar-refractivity contribution < 1.29 is 14.5 Å². The third-order valence-corrected chi connectivity index (χ3v) is 9.20. The summed E-state index contributed by atoms with van der Waals surface area (Å²) in [5.41, 5.74) is 7.93. The van der Waals surface area contributed by atoms with E-state index in [2.05, 4.69) is 192 Å². The molecule has 2 aromatic rings. The van der Waals surface area contributed by atoms with Gasteiger partial charge < -0.3 is 21.3 Å². The molecule has 0 atom stereocenters. The molecule has 0 aliphatic heterocycles. The zero-order valence-corrected chi connectivity index (χ0v) is 42.3. The van der Waals surface area contributed by atoms with Gasteiger partial charge in [-0.1, -0.05) is 99.5 Å². The second kappa shape index (κ2) is 22.9. The molecule has 2 aliphatic rings. The van der Waals surface area contributed by atoms with E-state index in [-0.39, 0.29) is 22.1 Å². The molecule has 2 N–H and O–H groups in total. The molecule has 0 spiro atoms. The Morgan fingerprint density at radius 1 is 0.870 bits per heavy atom. The number of amides is 1. The average Bonchev–Trinajstić information content (AvgIpc) is 2.87. The summed E-state index contributed by atoms with van der Waals surface area (Å²) in [6.45, 7) is 18.6. The third kappa shape index (κ3) is 20.2. The predicted octanol–water partition coefficient (Wildman–Crippen LogP) is 14.4. The monoisotopic (exact) mass is 1250 g/mol. The van der Waals surface area contributed by atoms with Gasteiger partial charge in [0.1, 0.15) is 5.60 Å². The van der Waals surface area contributed by atoms with Crippen LogP contribution in [0.5, 0.6) is 0 Å². The third-order valence-electron chi connectivity index (χ3n) is 7.38. The van der Waals surface area contributed by atoms with Crippen LogP contribution in [0.25, 0.3) is 0 Å². The number of hydrogen-bond donors (Lipinski definition) is 1. The van der Waals surface area contributed by atoms with E-state index in [1.165, 1.54) is 29.9 Å². The first-order valence-corrected chi connectivity index (χ1v) is 31.7. The minimum atomic E-state index is -0.462. The molecule has 0 aromatic heterocycles. The van der Waals surface area contributed by atoms with Crippen molar-refractivity contribution in [3.05, 3.63) is 74.5 Å². The van der Waals surface area contributed by atoms with Crippen molar-refractivity contribution in [2.45, 2.75) is 127 Å². The molecule has 46 heavy (non-hydrogen) atoms. The average molecular weight is 1250 g/mol. The number of rotatable bonds is 4. The summed E-state index contributed by atoms with van der Waals surface area (Å²) in [4.78, 5) is 13.8. The van der Waals surface area contributed by atoms with E-state index in [1.54, 1.807) is 4.90 Å². The van der Waals surface area contributed by atoms with Crippen LogP contribution in [0.2, 0.25) is 0 Å². The first-order valence-electron chi connectivity index (χ1n) is 15.5. The van der Waals surface area contributed by atoms with Gasteiger partial charge in [0.15, 0.2) is 0 Å². The van der Waals surface area contributed by atoms with Crippen molar-refractivity contribution in [3.8, 4) is 0 Å². The molecule has 2 saturated carbocycles. The van der Waals surface area contributed by atoms with Crippen LogP contribution < -0.4 is 5.73 Å². The molecule has 4 rings (SSSR count). The zero-order valence-electron chi connectivity index (χ0n) is 29.1. The fourth-order valence-electron chi connectivity index (χ4n) is 4.22. The second-order valence-electron chi connectivity index (χ2n) is 13.7. The summed E-state index contributed by atoms with van der Waals surface area (Å²) in [5.74, 6) is 1.42. The molecule has 264 valence electrons. The molecule has 1 amide bonds. The Bertz CT molecular complexity index is 1120. The van der Waals surface area contributed by atoms with Crippen LogP contribution in [0.4, 0.5) is 4.79 Å². The van der Waals surface area contributed by atoms with Gasteiger partial charge in [-0.25, -0.2) is 4.79 Å². The van der Waals surface area contributed by atoms with E-state index in [1.807, 2.05) is 40.0 Å². The molecule has 0 heterocycles. The number of carbonyl (C=O) groups is 1. The number of ether oxygens (including phenoxy) is 1. The quantitative estimate of drug-likeness (QED) is 0.189. The summed E-state index contributed by atoms with van der Waals surface area (Å²) in [6.07, 6.45) is 7.67. The molecule has 0 bridgehead atoms. The number of carbonyl (C=O) groups excluding carboxylic acids is 1. The van der Waals surface area contributed by atoms with E-state index in [0.717, 1.165) is 41.0 Å². The second-order valence-corrected chi connectivity index (χ2v) is 53.8. The zero-order chi connectivity index (χ0) is 35.9. The van der Waals surface area contributed by atoms with Crippen molar-refractivity contribution in [3.63, 3.8) is 0 Å². The normalized spacial score (nSPS) is 15.9. The number of benzene rings is 2. The van der Waals surface area contributed by atoms with Gasteiger partial charge in [0.2, 0.25) is 0 Å². The Morgan fingerprint density at radius 2 is 1.20 bits per heavy atom. The van der Waals surface area contributed by atoms with Crippen LogP contribution in [0.15, 0.2) is 57.5 Å². The Kier molecular flexibility index (Phi) is 24.0. The van der Waals surface area contributed by atoms with Gasteiger partial charge in [-0.15, -0.1) is 0 Å². The Labute approximate surface area is 349 Å². The van der Waals surface area contributed by atoms with E-state index < -0.39 is 5.60 Å². The summed E-state index contributed by atoms with van der Waals surface area (Å²) in [5, 5.41) is 0. The van der Waals surface area contributed by atoms with Crippen LogP contribution >= 0.6 is 114 Å². The molecule has 2 aliphatic carbocycles. The van der Waals surface area contributed by atoms with E-state index >= 15 is 0 Å². The molecule has 0 radical (unpaired) electrons. The van der Waals surface area contributed by atoms with Crippen LogP contribution in [0.1, 0.15) is 118 Å². The number of nitrogens with zero attached hydrogens (tertiary/aromatic N) is 1. The van der Waals surface area contributed by atoms with E-state index in [0.29, 0.717) is 3.42 Å². The van der Waals surface area contributed by atoms with Crippen LogP contribution in [-0.2, 0) is 20.7 Å². The fourth-order valence-corrected chi connectivity index (χ4v) is 4.75. The van der Waals surface area contributed by atoms with E-state index in [9.17, 15) is 4.79 Å². The number of nitrogens with two attached hydrogens (primary N) is 1. The molecular formula is C35H54Br2I4N2O2V-. The van der Waals surface area contributed by atoms with Gasteiger partial charge >= 0.3 is 71.0 Å². The number of halogens is 6. The predicted molar refractivity (Wildman–Crippen MR) is 238 cm³/mol. The molecule has 0 saturated heterocycles. The van der Waals surface area contributed by atoms with Crippen molar-refractivity contribution in [1.82, 2.24) is 4.90 Å². The van der Waals surface area contributed by atoms with Gasteiger partial charge in [0.05, 0.1) is 5.54 Å². The maximum atomic E-state index is 12.3. The topological polar surface area (TPSA) is 55.6 Å². The van der Waals surface area contributed by atoms with Crippen LogP contribution in [0, 0.1) is 5.92 Å². The number of hydrogen-bond acceptors (Lipinski definition) is 3. The standard InChI is InChI=1S/C16H22BrNO2.C10H12BrN.C5H11I.C4H9.3HI.V/c1-15(2,3)20-14(19)18(4)16(10-5-11-16)12-6-8-13(17)9-7-12;11-9-4-2-8(3-5-9)10(12)6-1-7-10;1-4-5(2,3)6;1-4(2)3;;;;/h6-9H,5,10-11H2,1-4H3;2-5H,1,6-7,12H2;4H2,1-3H3;1-3H3;3*1H;/q;;;-1;;;;+3/p-3. The van der Waals surface area contributed by atoms with Gasteiger partial charge in [0, 0.05) is 25.0 Å². The first-order chi connectivity index (χ1) is 21.0. The van der Waals surface area contributed by atoms with Gasteiger partial charge in [0.25, 0.3) is 0 Å². The first kappa shape index (κ1) is 48.1. The molecule has 11 heteroatoms. The summed E-state index contributed by atoms with van der Waals surface area (Å²) >= 11 is 16.7. The Morgan fingerprint density at radius 3 is 1.43 bits per heavy atom. The Hall–Kier alpha value is 2.13. The molecule has 0 unspecified atom stereocenters. The minimum absolute atomic E-state index is 0.0132. The van der Waals surface area contributed by atoms with Crippen molar-refractivity contribution in [1.29, 1.82) is 0 Å². The Balaban J connectivity index is 0.000000656. The molecule has 2 aromatic carbocycles. The van der Waals surface area contributed by atoms with Crippen LogP contribution in [-0.4, -0.2) is 27.1 Å². The van der Waals surface area contributed by atoms with Crippen LogP contribution in [0.3, 0.4) is 0 Å². The molecule has 2 fully saturated rings. The number of alkyl halides is 1. The van der Waals surface area contributed by atoms with Gasteiger partial charge in [-0.05, 0) is 101 Å². The molecule has 4 nitrogen and oxygen atoms in total. The SMILES string of the molecule is CCC(C)(C)I.CN(C(=O)OC(C)(C)C)C1(c2ccc(Br)cc2)CCC1.C[C-](C)C.NC1(c2ccc(Br)cc2)CCC1.[I][V]([I])[I]. The summed E-state index contributed by atoms with van der Waals surface area (Å²) in [7, 11) is 1.84. The van der Waals surface area contributed by atoms with Crippen molar-refractivity contribution in [2.24, 2.45) is 5.73 Å². The molecular weight excluding hydrogens is 1200 g/mol.